The van der Waals surface area contributed by atoms with Crippen LogP contribution in [0.2, 0.25) is 0 Å². The quantitative estimate of drug-likeness (QED) is 0.803. The van der Waals surface area contributed by atoms with Crippen LogP contribution in [-0.4, -0.2) is 29.1 Å². The molecule has 92 valence electrons. The van der Waals surface area contributed by atoms with Gasteiger partial charge in [-0.3, -0.25) is 0 Å². The van der Waals surface area contributed by atoms with Gasteiger partial charge in [-0.25, -0.2) is 0 Å². The van der Waals surface area contributed by atoms with Crippen molar-refractivity contribution < 1.29 is 5.11 Å². The average molecular weight is 231 g/mol. The van der Waals surface area contributed by atoms with E-state index < -0.39 is 0 Å². The molecule has 1 aromatic rings. The fourth-order valence-electron chi connectivity index (χ4n) is 3.67. The molecule has 1 saturated heterocycles. The Bertz CT molecular complexity index is 415. The van der Waals surface area contributed by atoms with Crippen LogP contribution in [0.15, 0.2) is 18.2 Å². The van der Waals surface area contributed by atoms with Gasteiger partial charge >= 0.3 is 0 Å². The number of benzene rings is 1. The maximum absolute atomic E-state index is 9.96. The predicted molar refractivity (Wildman–Crippen MR) is 69.3 cm³/mol. The number of fused-ring (bicyclic) bond motifs is 2. The largest absolute Gasteiger partial charge is 0.508 e. The third-order valence-electron chi connectivity index (χ3n) is 4.58. The standard InChI is InChI=1S/C15H21NO/c1-2-16-8-4-6-12-9-13-11(10-14(12)16)5-3-7-15(13)17/h3,5,7,12,14,17H,2,4,6,8-10H2,1H3/t12-,14-/m0/s1. The molecule has 0 unspecified atom stereocenters. The van der Waals surface area contributed by atoms with E-state index in [2.05, 4.69) is 17.9 Å². The summed E-state index contributed by atoms with van der Waals surface area (Å²) in [6.07, 6.45) is 4.85. The normalized spacial score (nSPS) is 28.5. The lowest BCUT2D eigenvalue weighted by Gasteiger charge is -2.44. The zero-order valence-corrected chi connectivity index (χ0v) is 10.5. The van der Waals surface area contributed by atoms with Crippen molar-refractivity contribution in [3.05, 3.63) is 29.3 Å². The van der Waals surface area contributed by atoms with E-state index in [0.717, 1.165) is 25.3 Å². The molecule has 1 N–H and O–H groups in total. The lowest BCUT2D eigenvalue weighted by molar-refractivity contribution is 0.0903. The summed E-state index contributed by atoms with van der Waals surface area (Å²) < 4.78 is 0. The van der Waals surface area contributed by atoms with Crippen molar-refractivity contribution in [2.24, 2.45) is 5.92 Å². The van der Waals surface area contributed by atoms with Gasteiger partial charge in [0.15, 0.2) is 0 Å². The molecule has 0 aromatic heterocycles. The summed E-state index contributed by atoms with van der Waals surface area (Å²) in [5.41, 5.74) is 2.58. The second-order valence-electron chi connectivity index (χ2n) is 5.42. The van der Waals surface area contributed by atoms with E-state index in [9.17, 15) is 5.11 Å². The maximum atomic E-state index is 9.96. The summed E-state index contributed by atoms with van der Waals surface area (Å²) in [6.45, 7) is 4.68. The summed E-state index contributed by atoms with van der Waals surface area (Å²) in [6, 6.07) is 6.71. The Balaban J connectivity index is 1.93. The summed E-state index contributed by atoms with van der Waals surface area (Å²) >= 11 is 0. The highest BCUT2D eigenvalue weighted by Crippen LogP contribution is 2.37. The molecular weight excluding hydrogens is 210 g/mol. The monoisotopic (exact) mass is 231 g/mol. The smallest absolute Gasteiger partial charge is 0.119 e. The molecule has 2 aliphatic rings. The second-order valence-corrected chi connectivity index (χ2v) is 5.42. The summed E-state index contributed by atoms with van der Waals surface area (Å²) in [5.74, 6) is 1.26. The highest BCUT2D eigenvalue weighted by Gasteiger charge is 2.35. The van der Waals surface area contributed by atoms with E-state index in [1.54, 1.807) is 0 Å². The molecule has 2 atom stereocenters. The number of hydrogen-bond donors (Lipinski definition) is 1. The summed E-state index contributed by atoms with van der Waals surface area (Å²) in [4.78, 5) is 2.63. The van der Waals surface area contributed by atoms with Crippen LogP contribution in [0, 0.1) is 5.92 Å². The Morgan fingerprint density at radius 1 is 1.35 bits per heavy atom. The molecule has 2 heteroatoms. The van der Waals surface area contributed by atoms with Crippen LogP contribution >= 0.6 is 0 Å². The number of phenols is 1. The minimum absolute atomic E-state index is 0.509. The lowest BCUT2D eigenvalue weighted by atomic mass is 9.75. The molecule has 17 heavy (non-hydrogen) atoms. The third-order valence-corrected chi connectivity index (χ3v) is 4.58. The summed E-state index contributed by atoms with van der Waals surface area (Å²) in [7, 11) is 0. The fourth-order valence-corrected chi connectivity index (χ4v) is 3.67. The molecule has 0 spiro atoms. The first kappa shape index (κ1) is 11.1. The van der Waals surface area contributed by atoms with Crippen molar-refractivity contribution in [2.45, 2.75) is 38.6 Å². The molecule has 1 fully saturated rings. The number of likely N-dealkylation sites (tertiary alicyclic amines) is 1. The van der Waals surface area contributed by atoms with Crippen molar-refractivity contribution in [1.29, 1.82) is 0 Å². The molecule has 1 aliphatic heterocycles. The Morgan fingerprint density at radius 3 is 3.06 bits per heavy atom. The van der Waals surface area contributed by atoms with Crippen LogP contribution < -0.4 is 0 Å². The van der Waals surface area contributed by atoms with Gasteiger partial charge in [0.05, 0.1) is 0 Å². The minimum Gasteiger partial charge on any atom is -0.508 e. The Kier molecular flexibility index (Phi) is 2.83. The van der Waals surface area contributed by atoms with Gasteiger partial charge in [0.25, 0.3) is 0 Å². The molecule has 2 nitrogen and oxygen atoms in total. The zero-order chi connectivity index (χ0) is 11.8. The van der Waals surface area contributed by atoms with Gasteiger partial charge in [-0.15, -0.1) is 0 Å². The molecule has 0 saturated carbocycles. The number of piperidine rings is 1. The molecule has 0 bridgehead atoms. The van der Waals surface area contributed by atoms with Crippen LogP contribution in [-0.2, 0) is 12.8 Å². The minimum atomic E-state index is 0.509. The van der Waals surface area contributed by atoms with Gasteiger partial charge in [0.2, 0.25) is 0 Å². The first-order chi connectivity index (χ1) is 8.29. The lowest BCUT2D eigenvalue weighted by Crippen LogP contribution is -2.48. The van der Waals surface area contributed by atoms with E-state index in [0.29, 0.717) is 11.8 Å². The van der Waals surface area contributed by atoms with E-state index in [4.69, 9.17) is 0 Å². The van der Waals surface area contributed by atoms with Gasteiger partial charge < -0.3 is 10.0 Å². The van der Waals surface area contributed by atoms with Crippen LogP contribution in [0.1, 0.15) is 30.9 Å². The Labute approximate surface area is 103 Å². The van der Waals surface area contributed by atoms with Gasteiger partial charge in [0, 0.05) is 6.04 Å². The highest BCUT2D eigenvalue weighted by atomic mass is 16.3. The maximum Gasteiger partial charge on any atom is 0.119 e. The van der Waals surface area contributed by atoms with Crippen molar-refractivity contribution in [3.63, 3.8) is 0 Å². The third kappa shape index (κ3) is 1.85. The van der Waals surface area contributed by atoms with E-state index in [-0.39, 0.29) is 0 Å². The van der Waals surface area contributed by atoms with Crippen molar-refractivity contribution in [1.82, 2.24) is 4.90 Å². The molecule has 3 rings (SSSR count). The molecule has 0 amide bonds. The van der Waals surface area contributed by atoms with Crippen molar-refractivity contribution in [2.75, 3.05) is 13.1 Å². The van der Waals surface area contributed by atoms with Gasteiger partial charge in [-0.1, -0.05) is 19.1 Å². The molecule has 0 radical (unpaired) electrons. The molecule has 1 aromatic carbocycles. The van der Waals surface area contributed by atoms with Crippen molar-refractivity contribution >= 4 is 0 Å². The van der Waals surface area contributed by atoms with E-state index in [1.165, 1.54) is 30.5 Å². The van der Waals surface area contributed by atoms with Crippen molar-refractivity contribution in [3.8, 4) is 5.75 Å². The average Bonchev–Trinajstić information content (AvgIpc) is 2.36. The van der Waals surface area contributed by atoms with Crippen LogP contribution in [0.4, 0.5) is 0 Å². The van der Waals surface area contributed by atoms with E-state index in [1.807, 2.05) is 12.1 Å². The van der Waals surface area contributed by atoms with Gasteiger partial charge in [0.1, 0.15) is 5.75 Å². The Hall–Kier alpha value is -1.02. The highest BCUT2D eigenvalue weighted by molar-refractivity contribution is 5.42. The zero-order valence-electron chi connectivity index (χ0n) is 10.5. The number of phenolic OH excluding ortho intramolecular Hbond substituents is 1. The van der Waals surface area contributed by atoms with Gasteiger partial charge in [-0.05, 0) is 61.9 Å². The molecular formula is C15H21NO. The SMILES string of the molecule is CCN1CCC[C@H]2Cc3c(O)cccc3C[C@@H]21. The number of rotatable bonds is 1. The first-order valence-corrected chi connectivity index (χ1v) is 6.83. The first-order valence-electron chi connectivity index (χ1n) is 6.83. The topological polar surface area (TPSA) is 23.5 Å². The molecule has 1 heterocycles. The fraction of sp³-hybridized carbons (Fsp3) is 0.600. The second kappa shape index (κ2) is 4.34. The summed E-state index contributed by atoms with van der Waals surface area (Å²) in [5, 5.41) is 9.96. The Morgan fingerprint density at radius 2 is 2.24 bits per heavy atom. The van der Waals surface area contributed by atoms with Crippen LogP contribution in [0.3, 0.4) is 0 Å². The van der Waals surface area contributed by atoms with Gasteiger partial charge in [-0.2, -0.15) is 0 Å². The number of aromatic hydroxyl groups is 1. The number of hydrogen-bond acceptors (Lipinski definition) is 2. The van der Waals surface area contributed by atoms with Crippen LogP contribution in [0.25, 0.3) is 0 Å². The van der Waals surface area contributed by atoms with E-state index >= 15 is 0 Å². The number of nitrogens with zero attached hydrogens (tertiary/aromatic N) is 1. The van der Waals surface area contributed by atoms with Crippen LogP contribution in [0.5, 0.6) is 5.75 Å². The predicted octanol–water partition coefficient (Wildman–Crippen LogP) is 2.59. The molecule has 1 aliphatic carbocycles. The number of likely N-dealkylation sites (N-methyl/N-ethyl adjacent to an activating group) is 1.